The highest BCUT2D eigenvalue weighted by Gasteiger charge is 2.53. The van der Waals surface area contributed by atoms with E-state index in [0.717, 1.165) is 18.7 Å². The zero-order valence-electron chi connectivity index (χ0n) is 12.1. The van der Waals surface area contributed by atoms with Gasteiger partial charge in [-0.3, -0.25) is 9.69 Å². The van der Waals surface area contributed by atoms with Gasteiger partial charge in [0.25, 0.3) is 0 Å². The first-order valence-corrected chi connectivity index (χ1v) is 6.84. The van der Waals surface area contributed by atoms with Crippen LogP contribution < -0.4 is 9.64 Å². The average molecular weight is 276 g/mol. The van der Waals surface area contributed by atoms with Gasteiger partial charge >= 0.3 is 5.97 Å². The normalized spacial score (nSPS) is 28.4. The highest BCUT2D eigenvalue weighted by molar-refractivity contribution is 5.71. The molecule has 1 fully saturated rings. The monoisotopic (exact) mass is 276 g/mol. The molecule has 0 aromatic heterocycles. The van der Waals surface area contributed by atoms with Crippen molar-refractivity contribution in [2.45, 2.75) is 24.9 Å². The Hall–Kier alpha value is -1.75. The van der Waals surface area contributed by atoms with Crippen molar-refractivity contribution in [2.24, 2.45) is 0 Å². The molecule has 0 spiro atoms. The summed E-state index contributed by atoms with van der Waals surface area (Å²) in [5.74, 6) is 0.0897. The van der Waals surface area contributed by atoms with E-state index >= 15 is 0 Å². The van der Waals surface area contributed by atoms with Gasteiger partial charge in [0, 0.05) is 24.7 Å². The highest BCUT2D eigenvalue weighted by atomic mass is 16.5. The molecule has 1 saturated heterocycles. The molecular weight excluding hydrogens is 256 g/mol. The van der Waals surface area contributed by atoms with E-state index in [1.54, 1.807) is 7.11 Å². The summed E-state index contributed by atoms with van der Waals surface area (Å²) in [6.45, 7) is 3.13. The Balaban J connectivity index is 2.02. The molecule has 3 rings (SSSR count). The van der Waals surface area contributed by atoms with Crippen LogP contribution in [0.2, 0.25) is 0 Å². The third-order valence-electron chi connectivity index (χ3n) is 4.74. The Bertz CT molecular complexity index is 560. The molecule has 1 N–H and O–H groups in total. The number of anilines is 1. The van der Waals surface area contributed by atoms with Crippen molar-refractivity contribution in [3.63, 3.8) is 0 Å². The van der Waals surface area contributed by atoms with Crippen LogP contribution in [0.1, 0.15) is 18.9 Å². The summed E-state index contributed by atoms with van der Waals surface area (Å²) in [6, 6.07) is 6.12. The van der Waals surface area contributed by atoms with Crippen LogP contribution in [0.5, 0.6) is 5.75 Å². The maximum absolute atomic E-state index is 11.0. The van der Waals surface area contributed by atoms with Crippen LogP contribution in [-0.4, -0.2) is 49.4 Å². The number of likely N-dealkylation sites (tertiary alicyclic amines) is 1. The number of rotatable bonds is 3. The molecule has 5 nitrogen and oxygen atoms in total. The Morgan fingerprint density at radius 2 is 2.30 bits per heavy atom. The van der Waals surface area contributed by atoms with Gasteiger partial charge in [-0.2, -0.15) is 0 Å². The number of likely N-dealkylation sites (N-methyl/N-ethyl adjacent to an activating group) is 1. The molecule has 2 aliphatic heterocycles. The van der Waals surface area contributed by atoms with E-state index in [1.165, 1.54) is 11.3 Å². The summed E-state index contributed by atoms with van der Waals surface area (Å²) < 4.78 is 5.33. The zero-order chi connectivity index (χ0) is 14.5. The van der Waals surface area contributed by atoms with Gasteiger partial charge in [-0.1, -0.05) is 6.92 Å². The van der Waals surface area contributed by atoms with Crippen molar-refractivity contribution in [3.8, 4) is 5.75 Å². The number of aliphatic carboxylic acids is 1. The van der Waals surface area contributed by atoms with Crippen molar-refractivity contribution in [1.82, 2.24) is 4.90 Å². The van der Waals surface area contributed by atoms with E-state index in [9.17, 15) is 4.79 Å². The number of carboxylic acids is 1. The van der Waals surface area contributed by atoms with Crippen LogP contribution in [0, 0.1) is 0 Å². The van der Waals surface area contributed by atoms with Gasteiger partial charge in [0.2, 0.25) is 0 Å². The molecule has 0 radical (unpaired) electrons. The van der Waals surface area contributed by atoms with Crippen LogP contribution in [0.4, 0.5) is 5.69 Å². The van der Waals surface area contributed by atoms with Crippen LogP contribution in [0.25, 0.3) is 0 Å². The van der Waals surface area contributed by atoms with E-state index in [1.807, 2.05) is 13.1 Å². The second kappa shape index (κ2) is 4.38. The van der Waals surface area contributed by atoms with Crippen LogP contribution in [0.3, 0.4) is 0 Å². The zero-order valence-corrected chi connectivity index (χ0v) is 12.1. The summed E-state index contributed by atoms with van der Waals surface area (Å²) >= 11 is 0. The van der Waals surface area contributed by atoms with Gasteiger partial charge < -0.3 is 14.7 Å². The van der Waals surface area contributed by atoms with E-state index in [2.05, 4.69) is 28.9 Å². The SMILES string of the molecule is COc1ccc2c(c1)C1(C)CCN(CC(=O)O)C1N2C. The minimum absolute atomic E-state index is 0.0337. The number of fused-ring (bicyclic) bond motifs is 3. The Morgan fingerprint density at radius 1 is 1.55 bits per heavy atom. The maximum atomic E-state index is 11.0. The molecule has 1 aromatic carbocycles. The Morgan fingerprint density at radius 3 is 2.95 bits per heavy atom. The van der Waals surface area contributed by atoms with Gasteiger partial charge in [0.15, 0.2) is 0 Å². The molecule has 2 heterocycles. The predicted molar refractivity (Wildman–Crippen MR) is 76.4 cm³/mol. The first-order valence-electron chi connectivity index (χ1n) is 6.84. The largest absolute Gasteiger partial charge is 0.497 e. The molecule has 1 aromatic rings. The number of carbonyl (C=O) groups is 1. The number of carboxylic acid groups (broad SMARTS) is 1. The molecule has 0 aliphatic carbocycles. The molecule has 2 unspecified atom stereocenters. The Kier molecular flexibility index (Phi) is 2.90. The molecular formula is C15H20N2O3. The molecule has 5 heteroatoms. The molecule has 108 valence electrons. The second-order valence-electron chi connectivity index (χ2n) is 5.90. The molecule has 0 amide bonds. The smallest absolute Gasteiger partial charge is 0.317 e. The van der Waals surface area contributed by atoms with Gasteiger partial charge in [0.05, 0.1) is 19.8 Å². The third-order valence-corrected chi connectivity index (χ3v) is 4.74. The molecule has 0 bridgehead atoms. The van der Waals surface area contributed by atoms with Crippen molar-refractivity contribution < 1.29 is 14.6 Å². The fourth-order valence-corrected chi connectivity index (χ4v) is 3.85. The van der Waals surface area contributed by atoms with Crippen LogP contribution in [-0.2, 0) is 10.2 Å². The van der Waals surface area contributed by atoms with Crippen LogP contribution >= 0.6 is 0 Å². The fourth-order valence-electron chi connectivity index (χ4n) is 3.85. The second-order valence-corrected chi connectivity index (χ2v) is 5.90. The van der Waals surface area contributed by atoms with Gasteiger partial charge in [-0.05, 0) is 30.2 Å². The maximum Gasteiger partial charge on any atom is 0.317 e. The summed E-state index contributed by atoms with van der Waals surface area (Å²) in [7, 11) is 3.72. The topological polar surface area (TPSA) is 53.0 Å². The summed E-state index contributed by atoms with van der Waals surface area (Å²) in [4.78, 5) is 15.3. The lowest BCUT2D eigenvalue weighted by Gasteiger charge is -2.33. The number of hydrogen-bond acceptors (Lipinski definition) is 4. The van der Waals surface area contributed by atoms with E-state index < -0.39 is 5.97 Å². The third kappa shape index (κ3) is 1.69. The van der Waals surface area contributed by atoms with Gasteiger partial charge in [-0.25, -0.2) is 0 Å². The standard InChI is InChI=1S/C15H20N2O3/c1-15-6-7-17(9-13(18)19)14(15)16(2)12-5-4-10(20-3)8-11(12)15/h4-5,8,14H,6-7,9H2,1-3H3,(H,18,19). The number of methoxy groups -OCH3 is 1. The van der Waals surface area contributed by atoms with E-state index in [-0.39, 0.29) is 18.1 Å². The first-order chi connectivity index (χ1) is 9.47. The van der Waals surface area contributed by atoms with Gasteiger partial charge in [-0.15, -0.1) is 0 Å². The lowest BCUT2D eigenvalue weighted by molar-refractivity contribution is -0.138. The van der Waals surface area contributed by atoms with Crippen molar-refractivity contribution in [2.75, 3.05) is 32.1 Å². The van der Waals surface area contributed by atoms with Crippen LogP contribution in [0.15, 0.2) is 18.2 Å². The fraction of sp³-hybridized carbons (Fsp3) is 0.533. The van der Waals surface area contributed by atoms with Crippen molar-refractivity contribution >= 4 is 11.7 Å². The lowest BCUT2D eigenvalue weighted by atomic mass is 9.81. The number of ether oxygens (including phenoxy) is 1. The molecule has 2 aliphatic rings. The first kappa shape index (κ1) is 13.2. The lowest BCUT2D eigenvalue weighted by Crippen LogP contribution is -2.48. The van der Waals surface area contributed by atoms with Gasteiger partial charge in [0.1, 0.15) is 5.75 Å². The predicted octanol–water partition coefficient (Wildman–Crippen LogP) is 1.52. The minimum atomic E-state index is -0.767. The molecule has 20 heavy (non-hydrogen) atoms. The molecule has 2 atom stereocenters. The van der Waals surface area contributed by atoms with Crippen molar-refractivity contribution in [1.29, 1.82) is 0 Å². The summed E-state index contributed by atoms with van der Waals surface area (Å²) in [5, 5.41) is 9.08. The number of hydrogen-bond donors (Lipinski definition) is 1. The minimum Gasteiger partial charge on any atom is -0.497 e. The number of nitrogens with zero attached hydrogens (tertiary/aromatic N) is 2. The quantitative estimate of drug-likeness (QED) is 0.907. The van der Waals surface area contributed by atoms with E-state index in [4.69, 9.17) is 9.84 Å². The van der Waals surface area contributed by atoms with Crippen molar-refractivity contribution in [3.05, 3.63) is 23.8 Å². The Labute approximate surface area is 118 Å². The summed E-state index contributed by atoms with van der Waals surface area (Å²) in [5.41, 5.74) is 2.40. The highest BCUT2D eigenvalue weighted by Crippen LogP contribution is 2.52. The summed E-state index contributed by atoms with van der Waals surface area (Å²) in [6.07, 6.45) is 1.08. The number of benzene rings is 1. The molecule has 0 saturated carbocycles. The average Bonchev–Trinajstić information content (AvgIpc) is 2.84. The van der Waals surface area contributed by atoms with E-state index in [0.29, 0.717) is 0 Å².